The maximum atomic E-state index is 12.5. The van der Waals surface area contributed by atoms with Crippen LogP contribution in [-0.4, -0.2) is 36.9 Å². The summed E-state index contributed by atoms with van der Waals surface area (Å²) in [6.07, 6.45) is 4.42. The van der Waals surface area contributed by atoms with Gasteiger partial charge in [-0.3, -0.25) is 9.59 Å². The SMILES string of the molecule is COCOc1cccc2c1CNC(C(=O)NC1CCC(C(=O)O)CC1)=C2. The lowest BCUT2D eigenvalue weighted by atomic mass is 9.86. The summed E-state index contributed by atoms with van der Waals surface area (Å²) in [6, 6.07) is 5.73. The van der Waals surface area contributed by atoms with Gasteiger partial charge in [-0.1, -0.05) is 12.1 Å². The van der Waals surface area contributed by atoms with Crippen LogP contribution >= 0.6 is 0 Å². The van der Waals surface area contributed by atoms with Crippen molar-refractivity contribution in [2.24, 2.45) is 5.92 Å². The van der Waals surface area contributed by atoms with Gasteiger partial charge in [-0.25, -0.2) is 0 Å². The maximum absolute atomic E-state index is 12.5. The molecular weight excluding hydrogens is 336 g/mol. The van der Waals surface area contributed by atoms with Gasteiger partial charge in [0, 0.05) is 25.3 Å². The van der Waals surface area contributed by atoms with Crippen LogP contribution in [-0.2, 0) is 20.9 Å². The van der Waals surface area contributed by atoms with Crippen molar-refractivity contribution in [1.29, 1.82) is 0 Å². The molecule has 0 bridgehead atoms. The Morgan fingerprint density at radius 3 is 2.73 bits per heavy atom. The van der Waals surface area contributed by atoms with E-state index in [-0.39, 0.29) is 24.7 Å². The Morgan fingerprint density at radius 2 is 2.04 bits per heavy atom. The fourth-order valence-corrected chi connectivity index (χ4v) is 3.45. The van der Waals surface area contributed by atoms with Crippen molar-refractivity contribution >= 4 is 18.0 Å². The molecule has 0 radical (unpaired) electrons. The molecule has 7 nitrogen and oxygen atoms in total. The monoisotopic (exact) mass is 360 g/mol. The number of carbonyl (C=O) groups excluding carboxylic acids is 1. The summed E-state index contributed by atoms with van der Waals surface area (Å²) in [5.74, 6) is -0.445. The lowest BCUT2D eigenvalue weighted by Gasteiger charge is -2.28. The van der Waals surface area contributed by atoms with Crippen molar-refractivity contribution in [1.82, 2.24) is 10.6 Å². The number of fused-ring (bicyclic) bond motifs is 1. The van der Waals surface area contributed by atoms with Crippen molar-refractivity contribution in [2.45, 2.75) is 38.3 Å². The van der Waals surface area contributed by atoms with E-state index in [4.69, 9.17) is 14.6 Å². The first-order valence-electron chi connectivity index (χ1n) is 8.81. The first kappa shape index (κ1) is 18.3. The number of carboxylic acid groups (broad SMARTS) is 1. The van der Waals surface area contributed by atoms with Gasteiger partial charge in [0.25, 0.3) is 5.91 Å². The Morgan fingerprint density at radius 1 is 1.27 bits per heavy atom. The van der Waals surface area contributed by atoms with Crippen LogP contribution in [0.2, 0.25) is 0 Å². The van der Waals surface area contributed by atoms with Gasteiger partial charge in [0.2, 0.25) is 0 Å². The van der Waals surface area contributed by atoms with Crippen LogP contribution in [0.1, 0.15) is 36.8 Å². The number of amides is 1. The average molecular weight is 360 g/mol. The number of hydrogen-bond donors (Lipinski definition) is 3. The standard InChI is InChI=1S/C19H24N2O5/c1-25-11-26-17-4-2-3-13-9-16(20-10-15(13)17)18(22)21-14-7-5-12(6-8-14)19(23)24/h2-4,9,12,14,20H,5-8,10-11H2,1H3,(H,21,22)(H,23,24). The lowest BCUT2D eigenvalue weighted by molar-refractivity contribution is -0.142. The lowest BCUT2D eigenvalue weighted by Crippen LogP contribution is -2.42. The summed E-state index contributed by atoms with van der Waals surface area (Å²) >= 11 is 0. The highest BCUT2D eigenvalue weighted by Gasteiger charge is 2.28. The quantitative estimate of drug-likeness (QED) is 0.670. The van der Waals surface area contributed by atoms with E-state index in [1.807, 2.05) is 24.3 Å². The molecule has 1 aliphatic heterocycles. The van der Waals surface area contributed by atoms with E-state index in [2.05, 4.69) is 10.6 Å². The third-order valence-electron chi connectivity index (χ3n) is 4.91. The zero-order valence-electron chi connectivity index (χ0n) is 14.8. The molecule has 0 spiro atoms. The Balaban J connectivity index is 1.63. The minimum Gasteiger partial charge on any atom is -0.481 e. The Labute approximate surface area is 152 Å². The number of ether oxygens (including phenoxy) is 2. The maximum Gasteiger partial charge on any atom is 0.306 e. The van der Waals surface area contributed by atoms with E-state index < -0.39 is 5.97 Å². The smallest absolute Gasteiger partial charge is 0.306 e. The summed E-state index contributed by atoms with van der Waals surface area (Å²) < 4.78 is 10.5. The number of carboxylic acids is 1. The number of hydrogen-bond acceptors (Lipinski definition) is 5. The molecule has 1 heterocycles. The second kappa shape index (κ2) is 8.23. The average Bonchev–Trinajstić information content (AvgIpc) is 2.66. The fourth-order valence-electron chi connectivity index (χ4n) is 3.45. The molecule has 0 saturated heterocycles. The summed E-state index contributed by atoms with van der Waals surface area (Å²) in [4.78, 5) is 23.6. The minimum atomic E-state index is -0.741. The molecule has 0 unspecified atom stereocenters. The van der Waals surface area contributed by atoms with E-state index in [0.717, 1.165) is 16.9 Å². The molecule has 1 aliphatic carbocycles. The van der Waals surface area contributed by atoms with Gasteiger partial charge in [-0.05, 0) is 43.4 Å². The van der Waals surface area contributed by atoms with E-state index in [1.165, 1.54) is 0 Å². The summed E-state index contributed by atoms with van der Waals surface area (Å²) in [6.45, 7) is 0.673. The van der Waals surface area contributed by atoms with Crippen molar-refractivity contribution in [2.75, 3.05) is 13.9 Å². The highest BCUT2D eigenvalue weighted by atomic mass is 16.7. The van der Waals surface area contributed by atoms with Gasteiger partial charge in [-0.15, -0.1) is 0 Å². The first-order valence-corrected chi connectivity index (χ1v) is 8.81. The van der Waals surface area contributed by atoms with Crippen molar-refractivity contribution in [3.8, 4) is 5.75 Å². The number of methoxy groups -OCH3 is 1. The third kappa shape index (κ3) is 4.16. The van der Waals surface area contributed by atoms with Gasteiger partial charge < -0.3 is 25.2 Å². The predicted molar refractivity (Wildman–Crippen MR) is 95.3 cm³/mol. The molecule has 1 fully saturated rings. The highest BCUT2D eigenvalue weighted by Crippen LogP contribution is 2.28. The van der Waals surface area contributed by atoms with Gasteiger partial charge in [0.05, 0.1) is 5.92 Å². The molecule has 0 aromatic heterocycles. The zero-order valence-corrected chi connectivity index (χ0v) is 14.8. The second-order valence-corrected chi connectivity index (χ2v) is 6.65. The van der Waals surface area contributed by atoms with Crippen LogP contribution in [0.25, 0.3) is 6.08 Å². The van der Waals surface area contributed by atoms with Crippen LogP contribution < -0.4 is 15.4 Å². The van der Waals surface area contributed by atoms with E-state index >= 15 is 0 Å². The Hall–Kier alpha value is -2.54. The summed E-state index contributed by atoms with van der Waals surface area (Å²) in [7, 11) is 1.57. The fraction of sp³-hybridized carbons (Fsp3) is 0.474. The molecule has 140 valence electrons. The summed E-state index contributed by atoms with van der Waals surface area (Å²) in [5.41, 5.74) is 2.45. The van der Waals surface area contributed by atoms with Crippen molar-refractivity contribution in [3.63, 3.8) is 0 Å². The number of aliphatic carboxylic acids is 1. The molecule has 2 aliphatic rings. The Kier molecular flexibility index (Phi) is 5.78. The molecule has 1 aromatic carbocycles. The number of nitrogens with one attached hydrogen (secondary N) is 2. The molecule has 7 heteroatoms. The van der Waals surface area contributed by atoms with Crippen LogP contribution in [0.3, 0.4) is 0 Å². The van der Waals surface area contributed by atoms with Crippen molar-refractivity contribution in [3.05, 3.63) is 35.0 Å². The van der Waals surface area contributed by atoms with Gasteiger partial charge in [0.15, 0.2) is 6.79 Å². The molecule has 1 aromatic rings. The van der Waals surface area contributed by atoms with Crippen LogP contribution in [0.15, 0.2) is 23.9 Å². The largest absolute Gasteiger partial charge is 0.481 e. The van der Waals surface area contributed by atoms with Crippen molar-refractivity contribution < 1.29 is 24.2 Å². The minimum absolute atomic E-state index is 0.0265. The first-order chi connectivity index (χ1) is 12.6. The molecule has 26 heavy (non-hydrogen) atoms. The highest BCUT2D eigenvalue weighted by molar-refractivity contribution is 5.98. The van der Waals surface area contributed by atoms with Gasteiger partial charge in [-0.2, -0.15) is 0 Å². The van der Waals surface area contributed by atoms with Gasteiger partial charge >= 0.3 is 5.97 Å². The number of rotatable bonds is 6. The molecule has 1 amide bonds. The van der Waals surface area contributed by atoms with Crippen LogP contribution in [0, 0.1) is 5.92 Å². The van der Waals surface area contributed by atoms with E-state index in [1.54, 1.807) is 7.11 Å². The van der Waals surface area contributed by atoms with Gasteiger partial charge in [0.1, 0.15) is 11.4 Å². The second-order valence-electron chi connectivity index (χ2n) is 6.65. The third-order valence-corrected chi connectivity index (χ3v) is 4.91. The summed E-state index contributed by atoms with van der Waals surface area (Å²) in [5, 5.41) is 15.2. The van der Waals surface area contributed by atoms with E-state index in [0.29, 0.717) is 37.9 Å². The number of benzene rings is 1. The normalized spacial score (nSPS) is 21.8. The molecule has 3 rings (SSSR count). The molecule has 0 atom stereocenters. The van der Waals surface area contributed by atoms with E-state index in [9.17, 15) is 9.59 Å². The number of carbonyl (C=O) groups is 2. The molecular formula is C19H24N2O5. The molecule has 1 saturated carbocycles. The van der Waals surface area contributed by atoms with Crippen LogP contribution in [0.4, 0.5) is 0 Å². The topological polar surface area (TPSA) is 96.9 Å². The Bertz CT molecular complexity index is 708. The van der Waals surface area contributed by atoms with Crippen LogP contribution in [0.5, 0.6) is 5.75 Å². The predicted octanol–water partition coefficient (Wildman–Crippen LogP) is 1.87. The zero-order chi connectivity index (χ0) is 18.5. The molecule has 3 N–H and O–H groups in total.